The zero-order valence-corrected chi connectivity index (χ0v) is 15.4. The summed E-state index contributed by atoms with van der Waals surface area (Å²) in [6.07, 6.45) is -0.596. The van der Waals surface area contributed by atoms with E-state index in [9.17, 15) is 4.79 Å². The van der Waals surface area contributed by atoms with E-state index in [1.165, 1.54) is 0 Å². The highest BCUT2D eigenvalue weighted by Crippen LogP contribution is 2.22. The van der Waals surface area contributed by atoms with E-state index in [0.717, 1.165) is 22.1 Å². The second-order valence-electron chi connectivity index (χ2n) is 5.98. The SMILES string of the molecule is COc1ccc2cc(CNC(=O)C(C)Oc3ccc(Cl)cc3)ccc2c1. The predicted octanol–water partition coefficient (Wildman–Crippen LogP) is 4.59. The molecule has 0 heterocycles. The van der Waals surface area contributed by atoms with Gasteiger partial charge in [-0.05, 0) is 65.7 Å². The van der Waals surface area contributed by atoms with Gasteiger partial charge in [-0.2, -0.15) is 0 Å². The molecule has 0 aliphatic carbocycles. The molecule has 0 saturated heterocycles. The van der Waals surface area contributed by atoms with Gasteiger partial charge in [-0.15, -0.1) is 0 Å². The maximum Gasteiger partial charge on any atom is 0.261 e. The van der Waals surface area contributed by atoms with E-state index in [1.807, 2.05) is 30.3 Å². The van der Waals surface area contributed by atoms with Crippen molar-refractivity contribution < 1.29 is 14.3 Å². The number of benzene rings is 3. The van der Waals surface area contributed by atoms with Crippen LogP contribution in [0.2, 0.25) is 5.02 Å². The molecule has 1 amide bonds. The largest absolute Gasteiger partial charge is 0.497 e. The average molecular weight is 370 g/mol. The summed E-state index contributed by atoms with van der Waals surface area (Å²) in [5.74, 6) is 1.26. The van der Waals surface area contributed by atoms with Crippen LogP contribution in [-0.2, 0) is 11.3 Å². The van der Waals surface area contributed by atoms with Crippen LogP contribution in [0.4, 0.5) is 0 Å². The molecule has 0 radical (unpaired) electrons. The number of nitrogens with one attached hydrogen (secondary N) is 1. The molecule has 3 rings (SSSR count). The molecular formula is C21H20ClNO3. The van der Waals surface area contributed by atoms with Gasteiger partial charge in [0, 0.05) is 11.6 Å². The van der Waals surface area contributed by atoms with E-state index < -0.39 is 6.10 Å². The Morgan fingerprint density at radius 3 is 2.38 bits per heavy atom. The van der Waals surface area contributed by atoms with E-state index >= 15 is 0 Å². The third kappa shape index (κ3) is 4.46. The molecule has 1 N–H and O–H groups in total. The maximum absolute atomic E-state index is 12.3. The van der Waals surface area contributed by atoms with Gasteiger partial charge in [0.1, 0.15) is 11.5 Å². The van der Waals surface area contributed by atoms with E-state index in [1.54, 1.807) is 38.3 Å². The van der Waals surface area contributed by atoms with Crippen molar-refractivity contribution in [3.8, 4) is 11.5 Å². The lowest BCUT2D eigenvalue weighted by Gasteiger charge is -2.15. The van der Waals surface area contributed by atoms with Gasteiger partial charge in [0.2, 0.25) is 0 Å². The van der Waals surface area contributed by atoms with E-state index in [2.05, 4.69) is 11.4 Å². The molecule has 3 aromatic carbocycles. The van der Waals surface area contributed by atoms with Crippen LogP contribution in [0.3, 0.4) is 0 Å². The molecule has 0 saturated carbocycles. The zero-order chi connectivity index (χ0) is 18.5. The van der Waals surface area contributed by atoms with Crippen molar-refractivity contribution in [3.63, 3.8) is 0 Å². The van der Waals surface area contributed by atoms with Gasteiger partial charge in [0.25, 0.3) is 5.91 Å². The number of halogens is 1. The molecule has 3 aromatic rings. The monoisotopic (exact) mass is 369 g/mol. The minimum absolute atomic E-state index is 0.172. The lowest BCUT2D eigenvalue weighted by Crippen LogP contribution is -2.35. The number of hydrogen-bond donors (Lipinski definition) is 1. The van der Waals surface area contributed by atoms with E-state index in [4.69, 9.17) is 21.1 Å². The van der Waals surface area contributed by atoms with Gasteiger partial charge in [-0.25, -0.2) is 0 Å². The summed E-state index contributed by atoms with van der Waals surface area (Å²) in [5.41, 5.74) is 1.02. The third-order valence-electron chi connectivity index (χ3n) is 4.07. The average Bonchev–Trinajstić information content (AvgIpc) is 2.67. The zero-order valence-electron chi connectivity index (χ0n) is 14.7. The number of carbonyl (C=O) groups excluding carboxylic acids is 1. The molecule has 1 unspecified atom stereocenters. The first-order valence-corrected chi connectivity index (χ1v) is 8.69. The Morgan fingerprint density at radius 1 is 1.00 bits per heavy atom. The van der Waals surface area contributed by atoms with Crippen molar-refractivity contribution in [2.24, 2.45) is 0 Å². The van der Waals surface area contributed by atoms with Crippen LogP contribution >= 0.6 is 11.6 Å². The van der Waals surface area contributed by atoms with Crippen LogP contribution in [0.5, 0.6) is 11.5 Å². The lowest BCUT2D eigenvalue weighted by molar-refractivity contribution is -0.127. The number of amides is 1. The Morgan fingerprint density at radius 2 is 1.65 bits per heavy atom. The number of hydrogen-bond acceptors (Lipinski definition) is 3. The Bertz CT molecular complexity index is 909. The van der Waals surface area contributed by atoms with Crippen LogP contribution in [0, 0.1) is 0 Å². The first-order chi connectivity index (χ1) is 12.5. The quantitative estimate of drug-likeness (QED) is 0.691. The van der Waals surface area contributed by atoms with Gasteiger partial charge >= 0.3 is 0 Å². The maximum atomic E-state index is 12.3. The summed E-state index contributed by atoms with van der Waals surface area (Å²) in [4.78, 5) is 12.3. The minimum atomic E-state index is -0.596. The fourth-order valence-corrected chi connectivity index (χ4v) is 2.74. The van der Waals surface area contributed by atoms with E-state index in [-0.39, 0.29) is 5.91 Å². The Labute approximate surface area is 157 Å². The smallest absolute Gasteiger partial charge is 0.261 e. The molecule has 26 heavy (non-hydrogen) atoms. The lowest BCUT2D eigenvalue weighted by atomic mass is 10.1. The summed E-state index contributed by atoms with van der Waals surface area (Å²) in [6, 6.07) is 18.9. The Balaban J connectivity index is 1.59. The van der Waals surface area contributed by atoms with Crippen LogP contribution in [0.15, 0.2) is 60.7 Å². The molecule has 5 heteroatoms. The molecule has 4 nitrogen and oxygen atoms in total. The number of carbonyl (C=O) groups is 1. The summed E-state index contributed by atoms with van der Waals surface area (Å²) in [6.45, 7) is 2.16. The fourth-order valence-electron chi connectivity index (χ4n) is 2.61. The summed E-state index contributed by atoms with van der Waals surface area (Å²) in [7, 11) is 1.65. The molecule has 0 spiro atoms. The first kappa shape index (κ1) is 18.1. The molecular weight excluding hydrogens is 350 g/mol. The summed E-state index contributed by atoms with van der Waals surface area (Å²) >= 11 is 5.84. The predicted molar refractivity (Wildman–Crippen MR) is 104 cm³/mol. The Hall–Kier alpha value is -2.72. The molecule has 134 valence electrons. The van der Waals surface area contributed by atoms with Crippen LogP contribution < -0.4 is 14.8 Å². The fraction of sp³-hybridized carbons (Fsp3) is 0.190. The number of methoxy groups -OCH3 is 1. The molecule has 1 atom stereocenters. The van der Waals surface area contributed by atoms with Gasteiger partial charge in [-0.1, -0.05) is 29.8 Å². The molecule has 0 aromatic heterocycles. The second-order valence-corrected chi connectivity index (χ2v) is 6.42. The van der Waals surface area contributed by atoms with Crippen molar-refractivity contribution >= 4 is 28.3 Å². The van der Waals surface area contributed by atoms with Crippen LogP contribution in [0.1, 0.15) is 12.5 Å². The van der Waals surface area contributed by atoms with Gasteiger partial charge in [-0.3, -0.25) is 4.79 Å². The van der Waals surface area contributed by atoms with Crippen molar-refractivity contribution in [1.29, 1.82) is 0 Å². The highest BCUT2D eigenvalue weighted by atomic mass is 35.5. The highest BCUT2D eigenvalue weighted by molar-refractivity contribution is 6.30. The third-order valence-corrected chi connectivity index (χ3v) is 4.33. The first-order valence-electron chi connectivity index (χ1n) is 8.32. The number of rotatable bonds is 6. The van der Waals surface area contributed by atoms with Crippen molar-refractivity contribution in [3.05, 3.63) is 71.2 Å². The van der Waals surface area contributed by atoms with Gasteiger partial charge in [0.05, 0.1) is 7.11 Å². The molecule has 0 aliphatic rings. The van der Waals surface area contributed by atoms with Crippen LogP contribution in [-0.4, -0.2) is 19.1 Å². The van der Waals surface area contributed by atoms with Crippen LogP contribution in [0.25, 0.3) is 10.8 Å². The Kier molecular flexibility index (Phi) is 5.64. The number of fused-ring (bicyclic) bond motifs is 1. The molecule has 0 aliphatic heterocycles. The van der Waals surface area contributed by atoms with Gasteiger partial charge < -0.3 is 14.8 Å². The number of ether oxygens (including phenoxy) is 2. The van der Waals surface area contributed by atoms with E-state index in [0.29, 0.717) is 17.3 Å². The normalized spacial score (nSPS) is 11.8. The molecule has 0 fully saturated rings. The summed E-state index contributed by atoms with van der Waals surface area (Å²) < 4.78 is 10.9. The van der Waals surface area contributed by atoms with Crippen molar-refractivity contribution in [1.82, 2.24) is 5.32 Å². The van der Waals surface area contributed by atoms with Crippen molar-refractivity contribution in [2.75, 3.05) is 7.11 Å². The standard InChI is InChI=1S/C21H20ClNO3/c1-14(26-19-9-6-18(22)7-10-19)21(24)23-13-15-3-4-17-12-20(25-2)8-5-16(17)11-15/h3-12,14H,13H2,1-2H3,(H,23,24). The highest BCUT2D eigenvalue weighted by Gasteiger charge is 2.14. The van der Waals surface area contributed by atoms with Gasteiger partial charge in [0.15, 0.2) is 6.10 Å². The second kappa shape index (κ2) is 8.11. The topological polar surface area (TPSA) is 47.6 Å². The molecule has 0 bridgehead atoms. The minimum Gasteiger partial charge on any atom is -0.497 e. The van der Waals surface area contributed by atoms with Crippen molar-refractivity contribution in [2.45, 2.75) is 19.6 Å². The summed E-state index contributed by atoms with van der Waals surface area (Å²) in [5, 5.41) is 5.73.